The number of pyridine rings is 1. The molecule has 1 aliphatic rings. The van der Waals surface area contributed by atoms with Gasteiger partial charge in [-0.05, 0) is 42.2 Å². The fourth-order valence-electron chi connectivity index (χ4n) is 3.96. The highest BCUT2D eigenvalue weighted by Gasteiger charge is 2.29. The Hall–Kier alpha value is -2.43. The van der Waals surface area contributed by atoms with E-state index in [1.165, 1.54) is 6.42 Å². The highest BCUT2D eigenvalue weighted by molar-refractivity contribution is 5.85. The molecular weight excluding hydrogens is 328 g/mol. The molecule has 1 saturated carbocycles. The van der Waals surface area contributed by atoms with Gasteiger partial charge in [0.25, 0.3) is 0 Å². The molecular formula is C21H26N2O3. The number of carbonyl (C=O) groups excluding carboxylic acids is 1. The van der Waals surface area contributed by atoms with Crippen LogP contribution in [0.2, 0.25) is 0 Å². The fourth-order valence-corrected chi connectivity index (χ4v) is 3.96. The van der Waals surface area contributed by atoms with E-state index in [1.807, 2.05) is 30.5 Å². The number of nitrogens with zero attached hydrogens (tertiary/aromatic N) is 1. The molecule has 1 fully saturated rings. The number of aliphatic carboxylic acids is 1. The molecule has 0 aliphatic heterocycles. The average Bonchev–Trinajstić information content (AvgIpc) is 2.67. The van der Waals surface area contributed by atoms with Gasteiger partial charge in [-0.1, -0.05) is 37.5 Å². The summed E-state index contributed by atoms with van der Waals surface area (Å²) in [5.41, 5.74) is 1.11. The molecule has 3 rings (SSSR count). The second-order valence-corrected chi connectivity index (χ2v) is 7.16. The average molecular weight is 354 g/mol. The molecule has 1 heterocycles. The minimum absolute atomic E-state index is 0.0851. The quantitative estimate of drug-likeness (QED) is 0.797. The Balaban J connectivity index is 1.54. The molecule has 5 heteroatoms. The first-order valence-electron chi connectivity index (χ1n) is 9.46. The molecule has 2 N–H and O–H groups in total. The summed E-state index contributed by atoms with van der Waals surface area (Å²) >= 11 is 0. The van der Waals surface area contributed by atoms with Gasteiger partial charge in [-0.3, -0.25) is 14.6 Å². The van der Waals surface area contributed by atoms with E-state index in [1.54, 1.807) is 6.20 Å². The number of carboxylic acids is 1. The number of hydrogen-bond acceptors (Lipinski definition) is 3. The number of hydrogen-bond donors (Lipinski definition) is 2. The van der Waals surface area contributed by atoms with Crippen molar-refractivity contribution < 1.29 is 14.7 Å². The maximum atomic E-state index is 12.2. The second-order valence-electron chi connectivity index (χ2n) is 7.16. The first kappa shape index (κ1) is 18.4. The SMILES string of the molecule is O=C(CCc1cccc2cnccc12)NCC(C(=O)O)C1CCCCC1. The Morgan fingerprint density at radius 1 is 1.19 bits per heavy atom. The molecule has 5 nitrogen and oxygen atoms in total. The van der Waals surface area contributed by atoms with Crippen LogP contribution in [0.25, 0.3) is 10.8 Å². The first-order valence-corrected chi connectivity index (χ1v) is 9.46. The summed E-state index contributed by atoms with van der Waals surface area (Å²) < 4.78 is 0. The fraction of sp³-hybridized carbons (Fsp3) is 0.476. The Bertz CT molecular complexity index is 763. The van der Waals surface area contributed by atoms with Crippen LogP contribution in [-0.4, -0.2) is 28.5 Å². The van der Waals surface area contributed by atoms with Crippen molar-refractivity contribution >= 4 is 22.6 Å². The van der Waals surface area contributed by atoms with Gasteiger partial charge in [-0.15, -0.1) is 0 Å². The van der Waals surface area contributed by atoms with Crippen LogP contribution in [0.3, 0.4) is 0 Å². The van der Waals surface area contributed by atoms with Crippen LogP contribution in [0, 0.1) is 11.8 Å². The van der Waals surface area contributed by atoms with Crippen molar-refractivity contribution in [2.75, 3.05) is 6.54 Å². The smallest absolute Gasteiger partial charge is 0.308 e. The normalized spacial score (nSPS) is 16.3. The monoisotopic (exact) mass is 354 g/mol. The van der Waals surface area contributed by atoms with Gasteiger partial charge < -0.3 is 10.4 Å². The van der Waals surface area contributed by atoms with Gasteiger partial charge in [-0.25, -0.2) is 0 Å². The van der Waals surface area contributed by atoms with Crippen molar-refractivity contribution in [3.63, 3.8) is 0 Å². The van der Waals surface area contributed by atoms with Gasteiger partial charge >= 0.3 is 5.97 Å². The van der Waals surface area contributed by atoms with Crippen molar-refractivity contribution in [3.05, 3.63) is 42.2 Å². The summed E-state index contributed by atoms with van der Waals surface area (Å²) in [6, 6.07) is 7.97. The number of carboxylic acid groups (broad SMARTS) is 1. The molecule has 1 atom stereocenters. The number of aryl methyl sites for hydroxylation is 1. The van der Waals surface area contributed by atoms with E-state index in [4.69, 9.17) is 0 Å². The molecule has 1 aromatic heterocycles. The predicted molar refractivity (Wildman–Crippen MR) is 101 cm³/mol. The third-order valence-electron chi connectivity index (χ3n) is 5.45. The van der Waals surface area contributed by atoms with E-state index in [2.05, 4.69) is 10.3 Å². The number of aromatic nitrogens is 1. The molecule has 1 unspecified atom stereocenters. The molecule has 1 amide bonds. The maximum absolute atomic E-state index is 12.2. The zero-order chi connectivity index (χ0) is 18.4. The molecule has 0 saturated heterocycles. The lowest BCUT2D eigenvalue weighted by Crippen LogP contribution is -2.37. The molecule has 1 aromatic carbocycles. The summed E-state index contributed by atoms with van der Waals surface area (Å²) in [7, 11) is 0. The van der Waals surface area contributed by atoms with Crippen LogP contribution in [0.15, 0.2) is 36.7 Å². The summed E-state index contributed by atoms with van der Waals surface area (Å²) in [5.74, 6) is -1.16. The van der Waals surface area contributed by atoms with Gasteiger partial charge in [0.15, 0.2) is 0 Å². The predicted octanol–water partition coefficient (Wildman–Crippen LogP) is 3.56. The van der Waals surface area contributed by atoms with E-state index in [9.17, 15) is 14.7 Å². The van der Waals surface area contributed by atoms with Crippen LogP contribution in [0.1, 0.15) is 44.1 Å². The van der Waals surface area contributed by atoms with Crippen LogP contribution < -0.4 is 5.32 Å². The molecule has 26 heavy (non-hydrogen) atoms. The number of benzene rings is 1. The zero-order valence-corrected chi connectivity index (χ0v) is 15.0. The molecule has 1 aliphatic carbocycles. The maximum Gasteiger partial charge on any atom is 0.308 e. The van der Waals surface area contributed by atoms with Crippen LogP contribution >= 0.6 is 0 Å². The Morgan fingerprint density at radius 3 is 2.77 bits per heavy atom. The summed E-state index contributed by atoms with van der Waals surface area (Å²) in [5, 5.41) is 14.5. The van der Waals surface area contributed by atoms with Gasteiger partial charge in [0.2, 0.25) is 5.91 Å². The van der Waals surface area contributed by atoms with Crippen molar-refractivity contribution in [1.82, 2.24) is 10.3 Å². The lowest BCUT2D eigenvalue weighted by Gasteiger charge is -2.27. The summed E-state index contributed by atoms with van der Waals surface area (Å²) in [6.45, 7) is 0.234. The third-order valence-corrected chi connectivity index (χ3v) is 5.45. The van der Waals surface area contributed by atoms with Crippen molar-refractivity contribution in [2.45, 2.75) is 44.9 Å². The minimum atomic E-state index is -0.793. The van der Waals surface area contributed by atoms with Gasteiger partial charge in [0.05, 0.1) is 5.92 Å². The lowest BCUT2D eigenvalue weighted by atomic mass is 9.80. The van der Waals surface area contributed by atoms with E-state index in [0.717, 1.165) is 42.0 Å². The number of nitrogens with one attached hydrogen (secondary N) is 1. The number of fused-ring (bicyclic) bond motifs is 1. The lowest BCUT2D eigenvalue weighted by molar-refractivity contribution is -0.144. The molecule has 0 spiro atoms. The molecule has 0 radical (unpaired) electrons. The number of rotatable bonds is 7. The summed E-state index contributed by atoms with van der Waals surface area (Å²) in [6.07, 6.45) is 9.86. The third kappa shape index (κ3) is 4.59. The zero-order valence-electron chi connectivity index (χ0n) is 15.0. The van der Waals surface area contributed by atoms with Crippen LogP contribution in [-0.2, 0) is 16.0 Å². The van der Waals surface area contributed by atoms with Crippen LogP contribution in [0.4, 0.5) is 0 Å². The highest BCUT2D eigenvalue weighted by Crippen LogP contribution is 2.30. The number of amides is 1. The van der Waals surface area contributed by atoms with Crippen molar-refractivity contribution in [2.24, 2.45) is 11.8 Å². The largest absolute Gasteiger partial charge is 0.481 e. The van der Waals surface area contributed by atoms with Gasteiger partial charge in [0, 0.05) is 30.7 Å². The Morgan fingerprint density at radius 2 is 2.00 bits per heavy atom. The first-order chi connectivity index (χ1) is 12.6. The number of carbonyl (C=O) groups is 2. The second kappa shape index (κ2) is 8.79. The van der Waals surface area contributed by atoms with Crippen molar-refractivity contribution in [3.8, 4) is 0 Å². The van der Waals surface area contributed by atoms with E-state index < -0.39 is 11.9 Å². The highest BCUT2D eigenvalue weighted by atomic mass is 16.4. The van der Waals surface area contributed by atoms with Gasteiger partial charge in [-0.2, -0.15) is 0 Å². The van der Waals surface area contributed by atoms with E-state index in [0.29, 0.717) is 12.8 Å². The molecule has 2 aromatic rings. The summed E-state index contributed by atoms with van der Waals surface area (Å²) in [4.78, 5) is 27.9. The topological polar surface area (TPSA) is 79.3 Å². The van der Waals surface area contributed by atoms with E-state index in [-0.39, 0.29) is 18.4 Å². The van der Waals surface area contributed by atoms with E-state index >= 15 is 0 Å². The minimum Gasteiger partial charge on any atom is -0.481 e. The Kier molecular flexibility index (Phi) is 6.21. The van der Waals surface area contributed by atoms with Gasteiger partial charge in [0.1, 0.15) is 0 Å². The van der Waals surface area contributed by atoms with Crippen molar-refractivity contribution in [1.29, 1.82) is 0 Å². The standard InChI is InChI=1S/C21H26N2O3/c24-20(23-14-19(21(25)26)15-5-2-1-3-6-15)10-9-16-7-4-8-17-13-22-12-11-18(16)17/h4,7-8,11-13,15,19H,1-3,5-6,9-10,14H2,(H,23,24)(H,25,26). The Labute approximate surface area is 153 Å². The van der Waals surface area contributed by atoms with Crippen LogP contribution in [0.5, 0.6) is 0 Å². The molecule has 138 valence electrons. The molecule has 0 bridgehead atoms.